The number of halogens is 1. The molecule has 3 nitrogen and oxygen atoms in total. The fraction of sp³-hybridized carbons (Fsp3) is 0.500. The maximum absolute atomic E-state index is 5.72. The average molecular weight is 286 g/mol. The molecule has 88 valence electrons. The maximum Gasteiger partial charge on any atom is 0.162 e. The summed E-state index contributed by atoms with van der Waals surface area (Å²) in [5, 5.41) is 0. The van der Waals surface area contributed by atoms with Crippen molar-refractivity contribution in [1.82, 2.24) is 0 Å². The van der Waals surface area contributed by atoms with Crippen LogP contribution in [0.15, 0.2) is 28.7 Å². The number of nitrogens with two attached hydrogens (primary N) is 1. The van der Waals surface area contributed by atoms with Crippen molar-refractivity contribution in [2.24, 2.45) is 5.73 Å². The molecule has 2 unspecified atom stereocenters. The monoisotopic (exact) mass is 285 g/mol. The van der Waals surface area contributed by atoms with Gasteiger partial charge < -0.3 is 15.2 Å². The molecule has 2 atom stereocenters. The zero-order chi connectivity index (χ0) is 11.4. The standard InChI is InChI=1S/C12H16BrNO2/c13-10-3-1-9(2-4-10)7-12-15-8-11(16-12)5-6-14/h1-4,11-12H,5-8,14H2. The van der Waals surface area contributed by atoms with E-state index in [1.807, 2.05) is 12.1 Å². The van der Waals surface area contributed by atoms with Crippen molar-refractivity contribution in [1.29, 1.82) is 0 Å². The van der Waals surface area contributed by atoms with Crippen molar-refractivity contribution in [2.45, 2.75) is 25.2 Å². The van der Waals surface area contributed by atoms with Crippen LogP contribution in [-0.4, -0.2) is 25.5 Å². The summed E-state index contributed by atoms with van der Waals surface area (Å²) >= 11 is 3.41. The number of hydrogen-bond donors (Lipinski definition) is 1. The second kappa shape index (κ2) is 5.77. The molecule has 1 aromatic carbocycles. The summed E-state index contributed by atoms with van der Waals surface area (Å²) in [7, 11) is 0. The van der Waals surface area contributed by atoms with Gasteiger partial charge in [0.15, 0.2) is 6.29 Å². The van der Waals surface area contributed by atoms with Gasteiger partial charge in [0.1, 0.15) is 0 Å². The Morgan fingerprint density at radius 1 is 1.31 bits per heavy atom. The fourth-order valence-electron chi connectivity index (χ4n) is 1.77. The van der Waals surface area contributed by atoms with Crippen molar-refractivity contribution in [2.75, 3.05) is 13.2 Å². The number of hydrogen-bond acceptors (Lipinski definition) is 3. The molecule has 0 aliphatic carbocycles. The van der Waals surface area contributed by atoms with Crippen LogP contribution in [0.5, 0.6) is 0 Å². The van der Waals surface area contributed by atoms with E-state index >= 15 is 0 Å². The van der Waals surface area contributed by atoms with E-state index in [9.17, 15) is 0 Å². The Balaban J connectivity index is 1.84. The van der Waals surface area contributed by atoms with E-state index in [0.29, 0.717) is 13.2 Å². The van der Waals surface area contributed by atoms with E-state index in [4.69, 9.17) is 15.2 Å². The molecule has 1 aromatic rings. The highest BCUT2D eigenvalue weighted by Crippen LogP contribution is 2.19. The van der Waals surface area contributed by atoms with Gasteiger partial charge in [-0.2, -0.15) is 0 Å². The van der Waals surface area contributed by atoms with Crippen LogP contribution in [0.4, 0.5) is 0 Å². The molecular weight excluding hydrogens is 270 g/mol. The second-order valence-corrected chi connectivity index (χ2v) is 4.84. The third-order valence-electron chi connectivity index (χ3n) is 2.62. The lowest BCUT2D eigenvalue weighted by Crippen LogP contribution is -2.17. The Bertz CT molecular complexity index is 328. The van der Waals surface area contributed by atoms with Crippen LogP contribution in [0.25, 0.3) is 0 Å². The minimum absolute atomic E-state index is 0.113. The van der Waals surface area contributed by atoms with Gasteiger partial charge >= 0.3 is 0 Å². The Morgan fingerprint density at radius 2 is 2.06 bits per heavy atom. The molecule has 0 saturated carbocycles. The first-order chi connectivity index (χ1) is 7.78. The molecule has 1 saturated heterocycles. The van der Waals surface area contributed by atoms with Crippen LogP contribution >= 0.6 is 15.9 Å². The van der Waals surface area contributed by atoms with Gasteiger partial charge in [-0.3, -0.25) is 0 Å². The highest BCUT2D eigenvalue weighted by atomic mass is 79.9. The highest BCUT2D eigenvalue weighted by molar-refractivity contribution is 9.10. The Labute approximate surface area is 104 Å². The van der Waals surface area contributed by atoms with Crippen LogP contribution in [-0.2, 0) is 15.9 Å². The van der Waals surface area contributed by atoms with Crippen molar-refractivity contribution in [3.8, 4) is 0 Å². The van der Waals surface area contributed by atoms with E-state index in [-0.39, 0.29) is 12.4 Å². The van der Waals surface area contributed by atoms with E-state index < -0.39 is 0 Å². The average Bonchev–Trinajstić information content (AvgIpc) is 2.70. The topological polar surface area (TPSA) is 44.5 Å². The quantitative estimate of drug-likeness (QED) is 0.921. The summed E-state index contributed by atoms with van der Waals surface area (Å²) in [4.78, 5) is 0. The first kappa shape index (κ1) is 12.0. The summed E-state index contributed by atoms with van der Waals surface area (Å²) in [5.41, 5.74) is 6.71. The molecule has 0 radical (unpaired) electrons. The fourth-order valence-corrected chi connectivity index (χ4v) is 2.03. The minimum atomic E-state index is -0.113. The van der Waals surface area contributed by atoms with Crippen molar-refractivity contribution in [3.05, 3.63) is 34.3 Å². The smallest absolute Gasteiger partial charge is 0.162 e. The molecule has 2 N–H and O–H groups in total. The predicted molar refractivity (Wildman–Crippen MR) is 66.1 cm³/mol. The Hall–Kier alpha value is -0.420. The summed E-state index contributed by atoms with van der Waals surface area (Å²) in [5.74, 6) is 0. The lowest BCUT2D eigenvalue weighted by atomic mass is 10.1. The van der Waals surface area contributed by atoms with Gasteiger partial charge in [-0.25, -0.2) is 0 Å². The van der Waals surface area contributed by atoms with E-state index in [0.717, 1.165) is 17.3 Å². The van der Waals surface area contributed by atoms with Crippen molar-refractivity contribution >= 4 is 15.9 Å². The normalized spacial score (nSPS) is 24.9. The molecule has 1 heterocycles. The molecular formula is C12H16BrNO2. The van der Waals surface area contributed by atoms with Crippen LogP contribution in [0.2, 0.25) is 0 Å². The van der Waals surface area contributed by atoms with Crippen LogP contribution < -0.4 is 5.73 Å². The Kier molecular flexibility index (Phi) is 4.35. The molecule has 1 aliphatic rings. The van der Waals surface area contributed by atoms with Crippen molar-refractivity contribution in [3.63, 3.8) is 0 Å². The molecule has 4 heteroatoms. The maximum atomic E-state index is 5.72. The van der Waals surface area contributed by atoms with Gasteiger partial charge in [-0.05, 0) is 30.7 Å². The van der Waals surface area contributed by atoms with Gasteiger partial charge in [0.25, 0.3) is 0 Å². The molecule has 1 aliphatic heterocycles. The van der Waals surface area contributed by atoms with Gasteiger partial charge in [0.05, 0.1) is 12.7 Å². The largest absolute Gasteiger partial charge is 0.350 e. The highest BCUT2D eigenvalue weighted by Gasteiger charge is 2.25. The van der Waals surface area contributed by atoms with E-state index in [2.05, 4.69) is 28.1 Å². The van der Waals surface area contributed by atoms with Gasteiger partial charge in [0.2, 0.25) is 0 Å². The number of rotatable bonds is 4. The second-order valence-electron chi connectivity index (χ2n) is 3.93. The first-order valence-corrected chi connectivity index (χ1v) is 6.29. The zero-order valence-electron chi connectivity index (χ0n) is 9.06. The van der Waals surface area contributed by atoms with E-state index in [1.54, 1.807) is 0 Å². The van der Waals surface area contributed by atoms with Crippen molar-refractivity contribution < 1.29 is 9.47 Å². The summed E-state index contributed by atoms with van der Waals surface area (Å²) in [6, 6.07) is 8.21. The van der Waals surface area contributed by atoms with E-state index in [1.165, 1.54) is 5.56 Å². The Morgan fingerprint density at radius 3 is 2.75 bits per heavy atom. The lowest BCUT2D eigenvalue weighted by Gasteiger charge is -2.10. The third kappa shape index (κ3) is 3.28. The molecule has 0 bridgehead atoms. The lowest BCUT2D eigenvalue weighted by molar-refractivity contribution is -0.0563. The van der Waals surface area contributed by atoms with Gasteiger partial charge in [0, 0.05) is 10.9 Å². The number of benzene rings is 1. The summed E-state index contributed by atoms with van der Waals surface area (Å²) in [6.45, 7) is 1.32. The summed E-state index contributed by atoms with van der Waals surface area (Å²) in [6.07, 6.45) is 1.73. The molecule has 2 rings (SSSR count). The van der Waals surface area contributed by atoms with Gasteiger partial charge in [-0.1, -0.05) is 28.1 Å². The summed E-state index contributed by atoms with van der Waals surface area (Å²) < 4.78 is 12.4. The predicted octanol–water partition coefficient (Wildman–Crippen LogP) is 2.08. The van der Waals surface area contributed by atoms with Crippen LogP contribution in [0.3, 0.4) is 0 Å². The molecule has 0 spiro atoms. The minimum Gasteiger partial charge on any atom is -0.350 e. The molecule has 16 heavy (non-hydrogen) atoms. The van der Waals surface area contributed by atoms with Crippen LogP contribution in [0.1, 0.15) is 12.0 Å². The molecule has 0 aromatic heterocycles. The van der Waals surface area contributed by atoms with Gasteiger partial charge in [-0.15, -0.1) is 0 Å². The molecule has 1 fully saturated rings. The first-order valence-electron chi connectivity index (χ1n) is 5.49. The van der Waals surface area contributed by atoms with Crippen LogP contribution in [0, 0.1) is 0 Å². The molecule has 0 amide bonds. The number of ether oxygens (including phenoxy) is 2. The SMILES string of the molecule is NCCC1COC(Cc2ccc(Br)cc2)O1. The zero-order valence-corrected chi connectivity index (χ0v) is 10.7. The third-order valence-corrected chi connectivity index (χ3v) is 3.15.